The molecular formula is C25H29N3O3. The number of hydrogen-bond acceptors (Lipinski definition) is 4. The monoisotopic (exact) mass is 419 g/mol. The van der Waals surface area contributed by atoms with Gasteiger partial charge in [-0.1, -0.05) is 12.1 Å². The molecule has 3 aromatic rings. The Morgan fingerprint density at radius 1 is 1.03 bits per heavy atom. The quantitative estimate of drug-likeness (QED) is 0.637. The number of rotatable bonds is 4. The first-order valence-electron chi connectivity index (χ1n) is 11.2. The van der Waals surface area contributed by atoms with Crippen molar-refractivity contribution in [3.63, 3.8) is 0 Å². The first-order chi connectivity index (χ1) is 15.1. The second-order valence-corrected chi connectivity index (χ2v) is 8.60. The van der Waals surface area contributed by atoms with Gasteiger partial charge < -0.3 is 18.8 Å². The molecule has 4 heterocycles. The zero-order valence-electron chi connectivity index (χ0n) is 18.2. The third-order valence-electron chi connectivity index (χ3n) is 6.54. The van der Waals surface area contributed by atoms with Crippen LogP contribution in [0.15, 0.2) is 42.6 Å². The van der Waals surface area contributed by atoms with Crippen LogP contribution in [0.1, 0.15) is 37.1 Å². The van der Waals surface area contributed by atoms with E-state index in [0.717, 1.165) is 67.0 Å². The standard InChI is InChI=1S/C25H29N3O3/c1-17-18(2)28-16-20(7-10-24(28)26-17)19-5-8-21(9-6-19)31-22-11-13-27(14-12-22)25(29)23-4-3-15-30-23/h5-10,16,22-23H,3-4,11-15H2,1-2H3. The van der Waals surface area contributed by atoms with E-state index in [-0.39, 0.29) is 18.1 Å². The predicted octanol–water partition coefficient (Wildman–Crippen LogP) is 4.17. The summed E-state index contributed by atoms with van der Waals surface area (Å²) in [6.07, 6.45) is 5.62. The molecule has 1 unspecified atom stereocenters. The summed E-state index contributed by atoms with van der Waals surface area (Å²) in [5.41, 5.74) is 5.51. The molecule has 5 rings (SSSR count). The number of ether oxygens (including phenoxy) is 2. The van der Waals surface area contributed by atoms with Crippen LogP contribution in [-0.2, 0) is 9.53 Å². The molecule has 0 bridgehead atoms. The number of benzene rings is 1. The first kappa shape index (κ1) is 20.1. The Morgan fingerprint density at radius 2 is 1.77 bits per heavy atom. The number of carbonyl (C=O) groups excluding carboxylic acids is 1. The minimum atomic E-state index is -0.223. The molecule has 1 amide bonds. The molecule has 31 heavy (non-hydrogen) atoms. The normalized spacial score (nSPS) is 19.8. The maximum absolute atomic E-state index is 12.5. The summed E-state index contributed by atoms with van der Waals surface area (Å²) in [6, 6.07) is 12.5. The summed E-state index contributed by atoms with van der Waals surface area (Å²) >= 11 is 0. The van der Waals surface area contributed by atoms with Crippen LogP contribution in [0, 0.1) is 13.8 Å². The summed E-state index contributed by atoms with van der Waals surface area (Å²) in [5.74, 6) is 1.03. The molecule has 1 aromatic carbocycles. The van der Waals surface area contributed by atoms with E-state index >= 15 is 0 Å². The third kappa shape index (κ3) is 4.04. The lowest BCUT2D eigenvalue weighted by Crippen LogP contribution is -2.45. The molecular weight excluding hydrogens is 390 g/mol. The van der Waals surface area contributed by atoms with Gasteiger partial charge in [-0.2, -0.15) is 0 Å². The highest BCUT2D eigenvalue weighted by Crippen LogP contribution is 2.26. The molecule has 2 fully saturated rings. The van der Waals surface area contributed by atoms with Gasteiger partial charge in [-0.3, -0.25) is 4.79 Å². The minimum absolute atomic E-state index is 0.146. The lowest BCUT2D eigenvalue weighted by atomic mass is 10.1. The Kier molecular flexibility index (Phi) is 5.40. The van der Waals surface area contributed by atoms with Gasteiger partial charge in [-0.15, -0.1) is 0 Å². The maximum atomic E-state index is 12.5. The topological polar surface area (TPSA) is 56.1 Å². The Morgan fingerprint density at radius 3 is 2.48 bits per heavy atom. The fourth-order valence-corrected chi connectivity index (χ4v) is 4.54. The van der Waals surface area contributed by atoms with Gasteiger partial charge in [0.2, 0.25) is 0 Å². The number of carbonyl (C=O) groups is 1. The van der Waals surface area contributed by atoms with Crippen LogP contribution in [0.2, 0.25) is 0 Å². The van der Waals surface area contributed by atoms with E-state index in [2.05, 4.69) is 46.8 Å². The Labute approximate surface area is 182 Å². The van der Waals surface area contributed by atoms with Crippen molar-refractivity contribution in [2.75, 3.05) is 19.7 Å². The number of fused-ring (bicyclic) bond motifs is 1. The number of likely N-dealkylation sites (tertiary alicyclic amines) is 1. The van der Waals surface area contributed by atoms with Gasteiger partial charge in [-0.25, -0.2) is 4.98 Å². The van der Waals surface area contributed by atoms with Gasteiger partial charge in [0.05, 0.1) is 5.69 Å². The number of aromatic nitrogens is 2. The highest BCUT2D eigenvalue weighted by atomic mass is 16.5. The average molecular weight is 420 g/mol. The number of aryl methyl sites for hydroxylation is 2. The highest BCUT2D eigenvalue weighted by molar-refractivity contribution is 5.81. The summed E-state index contributed by atoms with van der Waals surface area (Å²) in [7, 11) is 0. The Hall–Kier alpha value is -2.86. The molecule has 0 saturated carbocycles. The van der Waals surface area contributed by atoms with Crippen molar-refractivity contribution >= 4 is 11.6 Å². The van der Waals surface area contributed by atoms with Gasteiger partial charge in [0.15, 0.2) is 0 Å². The highest BCUT2D eigenvalue weighted by Gasteiger charge is 2.31. The molecule has 6 heteroatoms. The molecule has 0 spiro atoms. The van der Waals surface area contributed by atoms with Crippen LogP contribution in [-0.4, -0.2) is 52.1 Å². The van der Waals surface area contributed by atoms with Crippen LogP contribution in [0.3, 0.4) is 0 Å². The summed E-state index contributed by atoms with van der Waals surface area (Å²) < 4.78 is 13.9. The van der Waals surface area contributed by atoms with E-state index in [4.69, 9.17) is 9.47 Å². The number of imidazole rings is 1. The van der Waals surface area contributed by atoms with E-state index in [9.17, 15) is 4.79 Å². The smallest absolute Gasteiger partial charge is 0.251 e. The number of amides is 1. The minimum Gasteiger partial charge on any atom is -0.490 e. The average Bonchev–Trinajstić information content (AvgIpc) is 3.43. The second-order valence-electron chi connectivity index (χ2n) is 8.60. The molecule has 6 nitrogen and oxygen atoms in total. The Balaban J connectivity index is 1.20. The fraction of sp³-hybridized carbons (Fsp3) is 0.440. The van der Waals surface area contributed by atoms with Crippen molar-refractivity contribution in [3.8, 4) is 16.9 Å². The molecule has 2 aliphatic heterocycles. The SMILES string of the molecule is Cc1nc2ccc(-c3ccc(OC4CCN(C(=O)C5CCCO5)CC4)cc3)cn2c1C. The van der Waals surface area contributed by atoms with Gasteiger partial charge in [0.1, 0.15) is 23.6 Å². The lowest BCUT2D eigenvalue weighted by molar-refractivity contribution is -0.142. The third-order valence-corrected chi connectivity index (χ3v) is 6.54. The molecule has 1 atom stereocenters. The molecule has 2 saturated heterocycles. The van der Waals surface area contributed by atoms with E-state index in [1.807, 2.05) is 24.0 Å². The van der Waals surface area contributed by atoms with E-state index in [1.165, 1.54) is 5.69 Å². The van der Waals surface area contributed by atoms with E-state index in [0.29, 0.717) is 6.61 Å². The summed E-state index contributed by atoms with van der Waals surface area (Å²) in [6.45, 7) is 6.32. The van der Waals surface area contributed by atoms with Gasteiger partial charge in [0.25, 0.3) is 5.91 Å². The predicted molar refractivity (Wildman–Crippen MR) is 119 cm³/mol. The number of nitrogens with zero attached hydrogens (tertiary/aromatic N) is 3. The fourth-order valence-electron chi connectivity index (χ4n) is 4.54. The molecule has 162 valence electrons. The van der Waals surface area contributed by atoms with Crippen molar-refractivity contribution in [1.82, 2.24) is 14.3 Å². The van der Waals surface area contributed by atoms with Crippen LogP contribution in [0.4, 0.5) is 0 Å². The molecule has 2 aromatic heterocycles. The van der Waals surface area contributed by atoms with Crippen LogP contribution < -0.4 is 4.74 Å². The van der Waals surface area contributed by atoms with Gasteiger partial charge in [0, 0.05) is 44.4 Å². The molecule has 2 aliphatic rings. The molecule has 0 aliphatic carbocycles. The number of piperidine rings is 1. The second kappa shape index (κ2) is 8.35. The van der Waals surface area contributed by atoms with Gasteiger partial charge in [-0.05, 0) is 62.1 Å². The van der Waals surface area contributed by atoms with Crippen LogP contribution >= 0.6 is 0 Å². The van der Waals surface area contributed by atoms with Crippen LogP contribution in [0.5, 0.6) is 5.75 Å². The summed E-state index contributed by atoms with van der Waals surface area (Å²) in [4.78, 5) is 19.0. The zero-order chi connectivity index (χ0) is 21.4. The maximum Gasteiger partial charge on any atom is 0.251 e. The van der Waals surface area contributed by atoms with Crippen molar-refractivity contribution in [2.45, 2.75) is 51.7 Å². The van der Waals surface area contributed by atoms with Crippen molar-refractivity contribution in [1.29, 1.82) is 0 Å². The summed E-state index contributed by atoms with van der Waals surface area (Å²) in [5, 5.41) is 0. The first-order valence-corrected chi connectivity index (χ1v) is 11.2. The Bertz CT molecular complexity index is 1080. The van der Waals surface area contributed by atoms with E-state index in [1.54, 1.807) is 0 Å². The zero-order valence-corrected chi connectivity index (χ0v) is 18.2. The van der Waals surface area contributed by atoms with Crippen molar-refractivity contribution in [3.05, 3.63) is 54.0 Å². The molecule has 0 radical (unpaired) electrons. The lowest BCUT2D eigenvalue weighted by Gasteiger charge is -2.33. The largest absolute Gasteiger partial charge is 0.490 e. The van der Waals surface area contributed by atoms with Crippen molar-refractivity contribution < 1.29 is 14.3 Å². The molecule has 0 N–H and O–H groups in total. The van der Waals surface area contributed by atoms with E-state index < -0.39 is 0 Å². The number of pyridine rings is 1. The van der Waals surface area contributed by atoms with Crippen molar-refractivity contribution in [2.24, 2.45) is 0 Å². The number of hydrogen-bond donors (Lipinski definition) is 0. The van der Waals surface area contributed by atoms with Gasteiger partial charge >= 0.3 is 0 Å². The van der Waals surface area contributed by atoms with Crippen LogP contribution in [0.25, 0.3) is 16.8 Å².